The number of hydrogen-bond donors (Lipinski definition) is 2. The Labute approximate surface area is 152 Å². The highest BCUT2D eigenvalue weighted by Gasteiger charge is 2.28. The summed E-state index contributed by atoms with van der Waals surface area (Å²) in [5.41, 5.74) is 3.02. The first-order valence-electron chi connectivity index (χ1n) is 8.20. The number of carbonyl (C=O) groups is 1. The molecule has 1 aliphatic rings. The van der Waals surface area contributed by atoms with Crippen LogP contribution in [0, 0.1) is 0 Å². The molecule has 2 N–H and O–H groups in total. The van der Waals surface area contributed by atoms with E-state index >= 15 is 0 Å². The molecule has 0 aliphatic carbocycles. The summed E-state index contributed by atoms with van der Waals surface area (Å²) in [6.45, 7) is 0. The Bertz CT molecular complexity index is 1210. The molecule has 0 unspecified atom stereocenters. The van der Waals surface area contributed by atoms with Gasteiger partial charge in [0.1, 0.15) is 11.5 Å². The molecule has 0 fully saturated rings. The van der Waals surface area contributed by atoms with Gasteiger partial charge < -0.3 is 14.5 Å². The van der Waals surface area contributed by atoms with Crippen LogP contribution in [-0.2, 0) is 0 Å². The molecule has 132 valence electrons. The zero-order chi connectivity index (χ0) is 18.4. The van der Waals surface area contributed by atoms with Gasteiger partial charge in [0.25, 0.3) is 0 Å². The lowest BCUT2D eigenvalue weighted by molar-refractivity contribution is 0.101. The Morgan fingerprint density at radius 3 is 2.93 bits per heavy atom. The second kappa shape index (κ2) is 5.80. The van der Waals surface area contributed by atoms with Crippen molar-refractivity contribution < 1.29 is 14.3 Å². The fourth-order valence-electron chi connectivity index (χ4n) is 3.12. The van der Waals surface area contributed by atoms with Crippen molar-refractivity contribution in [2.45, 2.75) is 0 Å². The second-order valence-electron chi connectivity index (χ2n) is 6.04. The molecule has 1 aliphatic heterocycles. The first-order valence-corrected chi connectivity index (χ1v) is 8.20. The fraction of sp³-hybridized carbons (Fsp3) is 0.0526. The van der Waals surface area contributed by atoms with E-state index < -0.39 is 0 Å². The van der Waals surface area contributed by atoms with E-state index in [0.29, 0.717) is 22.7 Å². The van der Waals surface area contributed by atoms with Crippen molar-refractivity contribution in [3.05, 3.63) is 59.5 Å². The number of allylic oxidation sites excluding steroid dienone is 1. The summed E-state index contributed by atoms with van der Waals surface area (Å²) < 4.78 is 11.1. The summed E-state index contributed by atoms with van der Waals surface area (Å²) in [5, 5.41) is 14.8. The van der Waals surface area contributed by atoms with Crippen LogP contribution in [0.5, 0.6) is 11.5 Å². The molecule has 8 heteroatoms. The van der Waals surface area contributed by atoms with Crippen LogP contribution in [0.2, 0.25) is 0 Å². The number of fused-ring (bicyclic) bond motifs is 2. The van der Waals surface area contributed by atoms with E-state index in [0.717, 1.165) is 22.2 Å². The van der Waals surface area contributed by atoms with Gasteiger partial charge in [0, 0.05) is 28.2 Å². The van der Waals surface area contributed by atoms with Crippen LogP contribution in [-0.4, -0.2) is 38.5 Å². The molecule has 0 saturated heterocycles. The highest BCUT2D eigenvalue weighted by Crippen LogP contribution is 2.35. The molecule has 0 atom stereocenters. The van der Waals surface area contributed by atoms with Gasteiger partial charge in [0.05, 0.1) is 12.7 Å². The Morgan fingerprint density at radius 2 is 2.11 bits per heavy atom. The van der Waals surface area contributed by atoms with Crippen molar-refractivity contribution in [2.75, 3.05) is 7.11 Å². The van der Waals surface area contributed by atoms with E-state index in [4.69, 9.17) is 9.47 Å². The standard InChI is InChI=1S/C19H13N5O3/c1-26-12-3-5-15-14(8-12)11(9-20-15)7-17-18(25)13-4-2-10(6-16(13)27-17)19-21-23-24-22-19/h2-9,20H,1H3,(H,21,22,23,24). The van der Waals surface area contributed by atoms with E-state index in [1.54, 1.807) is 31.4 Å². The highest BCUT2D eigenvalue weighted by molar-refractivity contribution is 6.15. The Kier molecular flexibility index (Phi) is 3.29. The molecule has 0 amide bonds. The van der Waals surface area contributed by atoms with Crippen molar-refractivity contribution in [3.63, 3.8) is 0 Å². The number of aromatic nitrogens is 5. The molecule has 0 saturated carbocycles. The lowest BCUT2D eigenvalue weighted by atomic mass is 10.1. The average molecular weight is 359 g/mol. The predicted molar refractivity (Wildman–Crippen MR) is 97.4 cm³/mol. The molecule has 2 aromatic carbocycles. The number of tetrazole rings is 1. The number of methoxy groups -OCH3 is 1. The number of carbonyl (C=O) groups excluding carboxylic acids is 1. The lowest BCUT2D eigenvalue weighted by Crippen LogP contribution is -1.97. The van der Waals surface area contributed by atoms with Crippen LogP contribution in [0.4, 0.5) is 0 Å². The molecular formula is C19H13N5O3. The van der Waals surface area contributed by atoms with E-state index in [1.807, 2.05) is 24.4 Å². The maximum atomic E-state index is 12.7. The van der Waals surface area contributed by atoms with Crippen molar-refractivity contribution in [1.29, 1.82) is 0 Å². The van der Waals surface area contributed by atoms with Crippen LogP contribution in [0.15, 0.2) is 48.4 Å². The molecule has 5 rings (SSSR count). The molecule has 8 nitrogen and oxygen atoms in total. The van der Waals surface area contributed by atoms with Crippen LogP contribution < -0.4 is 9.47 Å². The minimum absolute atomic E-state index is 0.165. The van der Waals surface area contributed by atoms with Crippen LogP contribution >= 0.6 is 0 Å². The van der Waals surface area contributed by atoms with Gasteiger partial charge in [-0.1, -0.05) is 6.07 Å². The van der Waals surface area contributed by atoms with Crippen LogP contribution in [0.3, 0.4) is 0 Å². The number of nitrogens with one attached hydrogen (secondary N) is 2. The number of hydrogen-bond acceptors (Lipinski definition) is 6. The minimum atomic E-state index is -0.165. The largest absolute Gasteiger partial charge is 0.497 e. The normalized spacial score (nSPS) is 14.6. The topological polar surface area (TPSA) is 106 Å². The monoisotopic (exact) mass is 359 g/mol. The SMILES string of the molecule is COc1ccc2[nH]cc(C=C3Oc4cc(-c5nn[nH]n5)ccc4C3=O)c2c1. The summed E-state index contributed by atoms with van der Waals surface area (Å²) in [6, 6.07) is 10.9. The summed E-state index contributed by atoms with van der Waals surface area (Å²) in [7, 11) is 1.62. The third-order valence-electron chi connectivity index (χ3n) is 4.48. The third kappa shape index (κ3) is 2.46. The number of Topliss-reactive ketones (excluding diaryl/α,β-unsaturated/α-hetero) is 1. The molecular weight excluding hydrogens is 346 g/mol. The number of ketones is 1. The molecule has 4 aromatic rings. The number of rotatable bonds is 3. The number of aromatic amines is 2. The van der Waals surface area contributed by atoms with E-state index in [1.165, 1.54) is 0 Å². The lowest BCUT2D eigenvalue weighted by Gasteiger charge is -2.01. The van der Waals surface area contributed by atoms with Gasteiger partial charge in [-0.25, -0.2) is 0 Å². The smallest absolute Gasteiger partial charge is 0.231 e. The molecule has 2 aromatic heterocycles. The van der Waals surface area contributed by atoms with Gasteiger partial charge in [-0.3, -0.25) is 4.79 Å². The van der Waals surface area contributed by atoms with Crippen LogP contribution in [0.1, 0.15) is 15.9 Å². The Hall–Kier alpha value is -3.94. The fourth-order valence-corrected chi connectivity index (χ4v) is 3.12. The number of ether oxygens (including phenoxy) is 2. The first kappa shape index (κ1) is 15.3. The average Bonchev–Trinajstić information content (AvgIpc) is 3.42. The maximum absolute atomic E-state index is 12.7. The summed E-state index contributed by atoms with van der Waals surface area (Å²) in [5.74, 6) is 1.76. The number of benzene rings is 2. The number of H-pyrrole nitrogens is 2. The van der Waals surface area contributed by atoms with Gasteiger partial charge >= 0.3 is 0 Å². The van der Waals surface area contributed by atoms with Crippen molar-refractivity contribution in [1.82, 2.24) is 25.6 Å². The number of nitrogens with zero attached hydrogens (tertiary/aromatic N) is 3. The summed E-state index contributed by atoms with van der Waals surface area (Å²) in [6.07, 6.45) is 3.57. The van der Waals surface area contributed by atoms with Crippen molar-refractivity contribution >= 4 is 22.8 Å². The molecule has 0 radical (unpaired) electrons. The zero-order valence-corrected chi connectivity index (χ0v) is 14.2. The van der Waals surface area contributed by atoms with Gasteiger partial charge in [0.2, 0.25) is 11.6 Å². The molecule has 0 bridgehead atoms. The van der Waals surface area contributed by atoms with E-state index in [9.17, 15) is 4.79 Å². The van der Waals surface area contributed by atoms with E-state index in [2.05, 4.69) is 25.6 Å². The van der Waals surface area contributed by atoms with Crippen LogP contribution in [0.25, 0.3) is 28.4 Å². The summed E-state index contributed by atoms with van der Waals surface area (Å²) in [4.78, 5) is 15.9. The second-order valence-corrected chi connectivity index (χ2v) is 6.04. The zero-order valence-electron chi connectivity index (χ0n) is 14.2. The van der Waals surface area contributed by atoms with Gasteiger partial charge in [-0.2, -0.15) is 5.21 Å². The van der Waals surface area contributed by atoms with Gasteiger partial charge in [-0.05, 0) is 41.6 Å². The van der Waals surface area contributed by atoms with E-state index in [-0.39, 0.29) is 11.5 Å². The van der Waals surface area contributed by atoms with Gasteiger partial charge in [-0.15, -0.1) is 10.2 Å². The first-order chi connectivity index (χ1) is 13.2. The Balaban J connectivity index is 1.54. The Morgan fingerprint density at radius 1 is 1.19 bits per heavy atom. The van der Waals surface area contributed by atoms with Crippen molar-refractivity contribution in [3.8, 4) is 22.9 Å². The molecule has 0 spiro atoms. The minimum Gasteiger partial charge on any atom is -0.497 e. The van der Waals surface area contributed by atoms with Crippen molar-refractivity contribution in [2.24, 2.45) is 0 Å². The molecule has 3 heterocycles. The quantitative estimate of drug-likeness (QED) is 0.545. The third-order valence-corrected chi connectivity index (χ3v) is 4.48. The summed E-state index contributed by atoms with van der Waals surface area (Å²) >= 11 is 0. The van der Waals surface area contributed by atoms with Gasteiger partial charge in [0.15, 0.2) is 5.76 Å². The predicted octanol–water partition coefficient (Wildman–Crippen LogP) is 2.97. The maximum Gasteiger partial charge on any atom is 0.231 e. The highest BCUT2D eigenvalue weighted by atomic mass is 16.5. The molecule has 27 heavy (non-hydrogen) atoms.